The van der Waals surface area contributed by atoms with Crippen molar-refractivity contribution < 1.29 is 9.53 Å². The molecule has 1 N–H and O–H groups in total. The number of ether oxygens (including phenoxy) is 1. The van der Waals surface area contributed by atoms with Gasteiger partial charge in [-0.25, -0.2) is 0 Å². The van der Waals surface area contributed by atoms with E-state index >= 15 is 0 Å². The van der Waals surface area contributed by atoms with Crippen LogP contribution in [-0.2, 0) is 9.53 Å². The Labute approximate surface area is 130 Å². The highest BCUT2D eigenvalue weighted by atomic mass is 16.5. The molecule has 1 aliphatic rings. The Morgan fingerprint density at radius 1 is 1.48 bits per heavy atom. The second kappa shape index (κ2) is 10.1. The van der Waals surface area contributed by atoms with Crippen LogP contribution < -0.4 is 5.32 Å². The Kier molecular flexibility index (Phi) is 8.88. The zero-order chi connectivity index (χ0) is 15.7. The van der Waals surface area contributed by atoms with E-state index in [4.69, 9.17) is 4.74 Å². The smallest absolute Gasteiger partial charge is 0.323 e. The minimum absolute atomic E-state index is 0.114. The Morgan fingerprint density at radius 3 is 2.81 bits per heavy atom. The molecule has 0 spiro atoms. The summed E-state index contributed by atoms with van der Waals surface area (Å²) in [6.45, 7) is 8.49. The molecule has 1 aliphatic heterocycles. The first-order valence-corrected chi connectivity index (χ1v) is 8.37. The first-order valence-electron chi connectivity index (χ1n) is 8.37. The number of likely N-dealkylation sites (N-methyl/N-ethyl adjacent to an activating group) is 2. The minimum atomic E-state index is -0.173. The molecule has 2 unspecified atom stereocenters. The summed E-state index contributed by atoms with van der Waals surface area (Å²) in [5.41, 5.74) is 0. The molecule has 1 saturated heterocycles. The normalized spacial score (nSPS) is 20.9. The largest absolute Gasteiger partial charge is 0.465 e. The standard InChI is InChI=1S/C16H33N3O2/c1-5-10-17-15(16(20)21-6-2)9-12-18(3)13-14-8-7-11-19(14)4/h14-15,17H,5-13H2,1-4H3. The number of nitrogens with zero attached hydrogens (tertiary/aromatic N) is 2. The molecule has 0 aromatic heterocycles. The lowest BCUT2D eigenvalue weighted by atomic mass is 10.1. The summed E-state index contributed by atoms with van der Waals surface area (Å²) in [6, 6.07) is 0.494. The van der Waals surface area contributed by atoms with E-state index in [-0.39, 0.29) is 12.0 Å². The number of likely N-dealkylation sites (tertiary alicyclic amines) is 1. The summed E-state index contributed by atoms with van der Waals surface area (Å²) in [7, 11) is 4.35. The zero-order valence-electron chi connectivity index (χ0n) is 14.2. The molecule has 2 atom stereocenters. The number of esters is 1. The van der Waals surface area contributed by atoms with E-state index in [1.54, 1.807) is 0 Å². The zero-order valence-corrected chi connectivity index (χ0v) is 14.2. The monoisotopic (exact) mass is 299 g/mol. The van der Waals surface area contributed by atoms with Crippen LogP contribution in [-0.4, -0.2) is 74.7 Å². The fraction of sp³-hybridized carbons (Fsp3) is 0.938. The third-order valence-corrected chi connectivity index (χ3v) is 4.21. The van der Waals surface area contributed by atoms with Crippen LogP contribution in [0.25, 0.3) is 0 Å². The van der Waals surface area contributed by atoms with Gasteiger partial charge in [-0.2, -0.15) is 0 Å². The first kappa shape index (κ1) is 18.4. The van der Waals surface area contributed by atoms with Crippen molar-refractivity contribution in [1.82, 2.24) is 15.1 Å². The molecule has 1 rings (SSSR count). The van der Waals surface area contributed by atoms with E-state index in [2.05, 4.69) is 36.1 Å². The van der Waals surface area contributed by atoms with Gasteiger partial charge in [-0.1, -0.05) is 6.92 Å². The maximum atomic E-state index is 11.9. The molecule has 1 heterocycles. The molecule has 0 aromatic rings. The van der Waals surface area contributed by atoms with Crippen molar-refractivity contribution >= 4 is 5.97 Å². The van der Waals surface area contributed by atoms with Crippen LogP contribution in [0.2, 0.25) is 0 Å². The molecule has 1 fully saturated rings. The van der Waals surface area contributed by atoms with Crippen LogP contribution in [0.15, 0.2) is 0 Å². The van der Waals surface area contributed by atoms with Gasteiger partial charge in [0, 0.05) is 12.6 Å². The van der Waals surface area contributed by atoms with Gasteiger partial charge < -0.3 is 19.9 Å². The molecular formula is C16H33N3O2. The van der Waals surface area contributed by atoms with E-state index in [1.165, 1.54) is 19.4 Å². The average Bonchev–Trinajstić information content (AvgIpc) is 2.84. The third kappa shape index (κ3) is 6.76. The van der Waals surface area contributed by atoms with Crippen molar-refractivity contribution in [2.24, 2.45) is 0 Å². The summed E-state index contributed by atoms with van der Waals surface area (Å²) in [5, 5.41) is 3.30. The Morgan fingerprint density at radius 2 is 2.24 bits per heavy atom. The van der Waals surface area contributed by atoms with E-state index in [1.807, 2.05) is 6.92 Å². The number of rotatable bonds is 10. The Bertz CT molecular complexity index is 299. The van der Waals surface area contributed by atoms with Crippen molar-refractivity contribution in [3.63, 3.8) is 0 Å². The van der Waals surface area contributed by atoms with Crippen molar-refractivity contribution in [3.8, 4) is 0 Å². The molecule has 0 saturated carbocycles. The topological polar surface area (TPSA) is 44.8 Å². The van der Waals surface area contributed by atoms with Crippen LogP contribution in [0, 0.1) is 0 Å². The molecule has 5 nitrogen and oxygen atoms in total. The van der Waals surface area contributed by atoms with Crippen molar-refractivity contribution in [3.05, 3.63) is 0 Å². The molecular weight excluding hydrogens is 266 g/mol. The predicted molar refractivity (Wildman–Crippen MR) is 86.5 cm³/mol. The molecule has 21 heavy (non-hydrogen) atoms. The van der Waals surface area contributed by atoms with Crippen LogP contribution >= 0.6 is 0 Å². The van der Waals surface area contributed by atoms with Gasteiger partial charge >= 0.3 is 5.97 Å². The fourth-order valence-corrected chi connectivity index (χ4v) is 2.88. The summed E-state index contributed by atoms with van der Waals surface area (Å²) in [5.74, 6) is -0.114. The molecule has 0 aromatic carbocycles. The van der Waals surface area contributed by atoms with E-state index < -0.39 is 0 Å². The van der Waals surface area contributed by atoms with E-state index in [0.717, 1.165) is 32.5 Å². The number of nitrogens with one attached hydrogen (secondary N) is 1. The molecule has 0 bridgehead atoms. The lowest BCUT2D eigenvalue weighted by Crippen LogP contribution is -2.42. The highest BCUT2D eigenvalue weighted by Crippen LogP contribution is 2.15. The minimum Gasteiger partial charge on any atom is -0.465 e. The second-order valence-electron chi connectivity index (χ2n) is 6.09. The van der Waals surface area contributed by atoms with Gasteiger partial charge in [-0.3, -0.25) is 4.79 Å². The van der Waals surface area contributed by atoms with Crippen LogP contribution in [0.4, 0.5) is 0 Å². The molecule has 124 valence electrons. The van der Waals surface area contributed by atoms with Crippen LogP contribution in [0.1, 0.15) is 39.5 Å². The van der Waals surface area contributed by atoms with Gasteiger partial charge in [0.15, 0.2) is 0 Å². The summed E-state index contributed by atoms with van der Waals surface area (Å²) in [6.07, 6.45) is 4.43. The van der Waals surface area contributed by atoms with Crippen LogP contribution in [0.3, 0.4) is 0 Å². The highest BCUT2D eigenvalue weighted by molar-refractivity contribution is 5.75. The molecule has 0 amide bonds. The fourth-order valence-electron chi connectivity index (χ4n) is 2.88. The quantitative estimate of drug-likeness (QED) is 0.617. The lowest BCUT2D eigenvalue weighted by molar-refractivity contribution is -0.145. The van der Waals surface area contributed by atoms with Gasteiger partial charge in [0.05, 0.1) is 6.61 Å². The molecule has 5 heteroatoms. The van der Waals surface area contributed by atoms with Crippen molar-refractivity contribution in [2.75, 3.05) is 46.9 Å². The maximum Gasteiger partial charge on any atom is 0.323 e. The highest BCUT2D eigenvalue weighted by Gasteiger charge is 2.23. The van der Waals surface area contributed by atoms with Crippen molar-refractivity contribution in [2.45, 2.75) is 51.6 Å². The SMILES string of the molecule is CCCNC(CCN(C)CC1CCCN1C)C(=O)OCC. The lowest BCUT2D eigenvalue weighted by Gasteiger charge is -2.27. The maximum absolute atomic E-state index is 11.9. The predicted octanol–water partition coefficient (Wildman–Crippen LogP) is 1.33. The number of hydrogen-bond donors (Lipinski definition) is 1. The molecule has 0 radical (unpaired) electrons. The number of carbonyl (C=O) groups excluding carboxylic acids is 1. The average molecular weight is 299 g/mol. The van der Waals surface area contributed by atoms with Gasteiger partial charge in [0.25, 0.3) is 0 Å². The van der Waals surface area contributed by atoms with Gasteiger partial charge in [0.1, 0.15) is 6.04 Å². The van der Waals surface area contributed by atoms with Gasteiger partial charge in [-0.15, -0.1) is 0 Å². The van der Waals surface area contributed by atoms with Gasteiger partial charge in [0.2, 0.25) is 0 Å². The summed E-state index contributed by atoms with van der Waals surface area (Å²) >= 11 is 0. The summed E-state index contributed by atoms with van der Waals surface area (Å²) < 4.78 is 5.16. The third-order valence-electron chi connectivity index (χ3n) is 4.21. The molecule has 0 aliphatic carbocycles. The number of hydrogen-bond acceptors (Lipinski definition) is 5. The number of carbonyl (C=O) groups is 1. The first-order chi connectivity index (χ1) is 10.1. The summed E-state index contributed by atoms with van der Waals surface area (Å²) in [4.78, 5) is 16.7. The van der Waals surface area contributed by atoms with E-state index in [9.17, 15) is 4.79 Å². The Balaban J connectivity index is 2.34. The van der Waals surface area contributed by atoms with Crippen molar-refractivity contribution in [1.29, 1.82) is 0 Å². The Hall–Kier alpha value is -0.650. The van der Waals surface area contributed by atoms with Gasteiger partial charge in [-0.05, 0) is 66.3 Å². The second-order valence-corrected chi connectivity index (χ2v) is 6.09. The van der Waals surface area contributed by atoms with Crippen LogP contribution in [0.5, 0.6) is 0 Å². The van der Waals surface area contributed by atoms with E-state index in [0.29, 0.717) is 12.6 Å².